The van der Waals surface area contributed by atoms with Crippen molar-refractivity contribution in [3.63, 3.8) is 0 Å². The van der Waals surface area contributed by atoms with Gasteiger partial charge in [0.25, 0.3) is 0 Å². The van der Waals surface area contributed by atoms with Gasteiger partial charge in [-0.25, -0.2) is 0 Å². The lowest BCUT2D eigenvalue weighted by Gasteiger charge is -2.39. The highest BCUT2D eigenvalue weighted by molar-refractivity contribution is 6.42. The average Bonchev–Trinajstić information content (AvgIpc) is 2.96. The summed E-state index contributed by atoms with van der Waals surface area (Å²) in [5.41, 5.74) is 3.46. The largest absolute Gasteiger partial charge is 0.349 e. The molecule has 3 aromatic rings. The number of hydrogen-bond acceptors (Lipinski definition) is 3. The van der Waals surface area contributed by atoms with Crippen molar-refractivity contribution in [1.82, 2.24) is 10.1 Å². The molecule has 1 heterocycles. The number of carbonyl (C=O) groups is 2. The molecule has 42 heavy (non-hydrogen) atoms. The molecule has 1 saturated heterocycles. The summed E-state index contributed by atoms with van der Waals surface area (Å²) in [5.74, 6) is -0.220. The zero-order valence-corrected chi connectivity index (χ0v) is 26.2. The fourth-order valence-corrected chi connectivity index (χ4v) is 5.88. The van der Waals surface area contributed by atoms with Crippen LogP contribution in [0.4, 0.5) is 0 Å². The molecule has 0 aromatic heterocycles. The van der Waals surface area contributed by atoms with E-state index in [4.69, 9.17) is 46.4 Å². The second kappa shape index (κ2) is 13.4. The van der Waals surface area contributed by atoms with Crippen LogP contribution in [0.3, 0.4) is 0 Å². The first-order valence-corrected chi connectivity index (χ1v) is 15.4. The van der Waals surface area contributed by atoms with Gasteiger partial charge in [-0.15, -0.1) is 0 Å². The molecule has 1 radical (unpaired) electrons. The van der Waals surface area contributed by atoms with Crippen molar-refractivity contribution < 1.29 is 9.59 Å². The lowest BCUT2D eigenvalue weighted by atomic mass is 9.50. The minimum absolute atomic E-state index is 0.0743. The van der Waals surface area contributed by atoms with Gasteiger partial charge in [0.1, 0.15) is 0 Å². The van der Waals surface area contributed by atoms with E-state index in [-0.39, 0.29) is 30.1 Å². The summed E-state index contributed by atoms with van der Waals surface area (Å²) in [6.45, 7) is 2.55. The summed E-state index contributed by atoms with van der Waals surface area (Å²) in [6, 6.07) is 19.9. The SMILES string of the molecule is CC1([B]NC(Cc2ccccc2)C(=O)N2C/C(=C\c3ccc(Cl)c(Cl)c3)C(=O)/C(=C/c3ccc(Cl)c(Cl)c3)C2)CCC1. The summed E-state index contributed by atoms with van der Waals surface area (Å²) in [5, 5.41) is 5.18. The number of ketones is 1. The molecule has 1 aliphatic heterocycles. The van der Waals surface area contributed by atoms with Gasteiger partial charge in [0.2, 0.25) is 13.3 Å². The average molecular weight is 639 g/mol. The van der Waals surface area contributed by atoms with Crippen LogP contribution in [-0.4, -0.2) is 43.1 Å². The predicted octanol–water partition coefficient (Wildman–Crippen LogP) is 8.36. The molecule has 0 spiro atoms. The van der Waals surface area contributed by atoms with Gasteiger partial charge in [0.15, 0.2) is 5.78 Å². The molecule has 9 heteroatoms. The van der Waals surface area contributed by atoms with Gasteiger partial charge in [0.05, 0.1) is 26.1 Å². The fourth-order valence-electron chi connectivity index (χ4n) is 5.27. The molecule has 1 saturated carbocycles. The van der Waals surface area contributed by atoms with Gasteiger partial charge >= 0.3 is 0 Å². The summed E-state index contributed by atoms with van der Waals surface area (Å²) >= 11 is 24.8. The van der Waals surface area contributed by atoms with E-state index in [9.17, 15) is 9.59 Å². The van der Waals surface area contributed by atoms with Crippen molar-refractivity contribution in [2.45, 2.75) is 44.0 Å². The number of hydrogen-bond donors (Lipinski definition) is 1. The van der Waals surface area contributed by atoms with E-state index in [1.807, 2.05) is 30.3 Å². The highest BCUT2D eigenvalue weighted by Gasteiger charge is 2.37. The third-order valence-corrected chi connectivity index (χ3v) is 9.37. The topological polar surface area (TPSA) is 49.4 Å². The maximum Gasteiger partial charge on any atom is 0.239 e. The van der Waals surface area contributed by atoms with Gasteiger partial charge in [-0.05, 0) is 64.8 Å². The Kier molecular flexibility index (Phi) is 9.86. The Bertz CT molecular complexity index is 1480. The van der Waals surface area contributed by atoms with Crippen molar-refractivity contribution in [3.8, 4) is 0 Å². The third kappa shape index (κ3) is 7.51. The highest BCUT2D eigenvalue weighted by Crippen LogP contribution is 2.45. The van der Waals surface area contributed by atoms with Crippen molar-refractivity contribution in [2.75, 3.05) is 13.1 Å². The van der Waals surface area contributed by atoms with Gasteiger partial charge in [-0.2, -0.15) is 0 Å². The van der Waals surface area contributed by atoms with Crippen LogP contribution in [0.5, 0.6) is 0 Å². The zero-order chi connectivity index (χ0) is 29.9. The molecule has 1 N–H and O–H groups in total. The van der Waals surface area contributed by atoms with Gasteiger partial charge in [0, 0.05) is 24.2 Å². The molecule has 4 nitrogen and oxygen atoms in total. The monoisotopic (exact) mass is 637 g/mol. The Morgan fingerprint density at radius 2 is 1.43 bits per heavy atom. The number of halogens is 4. The smallest absolute Gasteiger partial charge is 0.239 e. The number of piperidine rings is 1. The molecule has 2 aliphatic rings. The van der Waals surface area contributed by atoms with E-state index in [2.05, 4.69) is 19.6 Å². The quantitative estimate of drug-likeness (QED) is 0.199. The van der Waals surface area contributed by atoms with Gasteiger partial charge in [-0.1, -0.05) is 115 Å². The van der Waals surface area contributed by atoms with E-state index in [1.165, 1.54) is 6.42 Å². The standard InChI is InChI=1S/C33H30BCl4N2O2/c1-33(12-5-13-33)34-39-30(18-21-6-3-2-4-7-21)32(42)40-19-24(14-22-8-10-26(35)28(37)16-22)31(41)25(20-40)15-23-9-11-27(36)29(38)17-23/h2-4,6-11,14-17,30,39H,5,12-13,18-20H2,1H3/b24-14+,25-15+. The molecule has 215 valence electrons. The lowest BCUT2D eigenvalue weighted by Crippen LogP contribution is -2.53. The number of carbonyl (C=O) groups excluding carboxylic acids is 2. The maximum atomic E-state index is 14.2. The Morgan fingerprint density at radius 3 is 1.90 bits per heavy atom. The maximum absolute atomic E-state index is 14.2. The molecule has 1 aliphatic carbocycles. The zero-order valence-electron chi connectivity index (χ0n) is 23.2. The summed E-state index contributed by atoms with van der Waals surface area (Å²) in [4.78, 5) is 29.7. The van der Waals surface area contributed by atoms with Gasteiger partial charge in [-0.3, -0.25) is 9.59 Å². The normalized spacial score (nSPS) is 19.1. The van der Waals surface area contributed by atoms with E-state index in [1.54, 1.807) is 53.5 Å². The van der Waals surface area contributed by atoms with Crippen LogP contribution in [0.1, 0.15) is 42.9 Å². The second-order valence-electron chi connectivity index (χ2n) is 11.3. The Balaban J connectivity index is 1.49. The molecular formula is C33H30BCl4N2O2. The number of nitrogens with one attached hydrogen (secondary N) is 1. The van der Waals surface area contributed by atoms with Gasteiger partial charge < -0.3 is 10.1 Å². The minimum atomic E-state index is -0.490. The minimum Gasteiger partial charge on any atom is -0.349 e. The number of benzene rings is 3. The van der Waals surface area contributed by atoms with Crippen molar-refractivity contribution in [2.24, 2.45) is 0 Å². The summed E-state index contributed by atoms with van der Waals surface area (Å²) < 4.78 is 0. The number of likely N-dealkylation sites (tertiary alicyclic amines) is 1. The highest BCUT2D eigenvalue weighted by atomic mass is 35.5. The molecular weight excluding hydrogens is 609 g/mol. The third-order valence-electron chi connectivity index (χ3n) is 7.90. The first kappa shape index (κ1) is 30.9. The molecule has 5 rings (SSSR count). The molecule has 1 amide bonds. The van der Waals surface area contributed by atoms with Crippen molar-refractivity contribution in [1.29, 1.82) is 0 Å². The van der Waals surface area contributed by atoms with E-state index >= 15 is 0 Å². The van der Waals surface area contributed by atoms with Crippen molar-refractivity contribution in [3.05, 3.63) is 115 Å². The molecule has 1 unspecified atom stereocenters. The number of rotatable bonds is 8. The van der Waals surface area contributed by atoms with Crippen LogP contribution in [-0.2, 0) is 16.0 Å². The Labute approximate surface area is 267 Å². The second-order valence-corrected chi connectivity index (χ2v) is 12.9. The number of amides is 1. The first-order chi connectivity index (χ1) is 20.1. The summed E-state index contributed by atoms with van der Waals surface area (Å²) in [7, 11) is 2.09. The molecule has 3 aromatic carbocycles. The molecule has 0 bridgehead atoms. The van der Waals surface area contributed by atoms with Crippen molar-refractivity contribution >= 4 is 77.7 Å². The van der Waals surface area contributed by atoms with Crippen LogP contribution in [0.15, 0.2) is 77.9 Å². The van der Waals surface area contributed by atoms with Crippen LogP contribution < -0.4 is 5.23 Å². The Morgan fingerprint density at radius 1 is 0.881 bits per heavy atom. The predicted molar refractivity (Wildman–Crippen MR) is 176 cm³/mol. The fraction of sp³-hybridized carbons (Fsp3) is 0.273. The van der Waals surface area contributed by atoms with Crippen LogP contribution in [0.2, 0.25) is 25.4 Å². The Hall–Kier alpha value is -2.54. The van der Waals surface area contributed by atoms with E-state index in [0.29, 0.717) is 37.7 Å². The first-order valence-electron chi connectivity index (χ1n) is 13.9. The molecule has 1 atom stereocenters. The summed E-state index contributed by atoms with van der Waals surface area (Å²) in [6.07, 6.45) is 7.44. The van der Waals surface area contributed by atoms with Crippen LogP contribution in [0.25, 0.3) is 12.2 Å². The molecule has 2 fully saturated rings. The lowest BCUT2D eigenvalue weighted by molar-refractivity contribution is -0.133. The number of nitrogens with zero attached hydrogens (tertiary/aromatic N) is 1. The van der Waals surface area contributed by atoms with Crippen LogP contribution >= 0.6 is 46.4 Å². The van der Waals surface area contributed by atoms with Crippen LogP contribution in [0, 0.1) is 0 Å². The number of Topliss-reactive ketones (excluding diaryl/α,β-unsaturated/α-hetero) is 1. The van der Waals surface area contributed by atoms with E-state index < -0.39 is 6.04 Å². The van der Waals surface area contributed by atoms with E-state index in [0.717, 1.165) is 29.5 Å².